The van der Waals surface area contributed by atoms with Crippen LogP contribution in [0, 0.1) is 0 Å². The first kappa shape index (κ1) is 19.4. The van der Waals surface area contributed by atoms with Gasteiger partial charge >= 0.3 is 0 Å². The molecular formula is C21H23N7O2. The summed E-state index contributed by atoms with van der Waals surface area (Å²) in [5, 5.41) is 2.79. The van der Waals surface area contributed by atoms with Crippen molar-refractivity contribution in [2.45, 2.75) is 0 Å². The number of piperazine rings is 1. The zero-order chi connectivity index (χ0) is 20.9. The Morgan fingerprint density at radius 1 is 1.03 bits per heavy atom. The van der Waals surface area contributed by atoms with Crippen LogP contribution in [0.3, 0.4) is 0 Å². The molecule has 0 bridgehead atoms. The van der Waals surface area contributed by atoms with Crippen molar-refractivity contribution < 1.29 is 9.53 Å². The number of aromatic nitrogens is 3. The van der Waals surface area contributed by atoms with Gasteiger partial charge in [-0.05, 0) is 36.4 Å². The second-order valence-corrected chi connectivity index (χ2v) is 6.81. The first-order chi connectivity index (χ1) is 14.6. The Kier molecular flexibility index (Phi) is 5.60. The van der Waals surface area contributed by atoms with E-state index in [2.05, 4.69) is 30.1 Å². The molecular weight excluding hydrogens is 382 g/mol. The highest BCUT2D eigenvalue weighted by atomic mass is 16.5. The number of nitrogens with one attached hydrogen (secondary N) is 1. The molecule has 30 heavy (non-hydrogen) atoms. The average Bonchev–Trinajstić information content (AvgIpc) is 2.80. The number of nitrogens with two attached hydrogens (primary N) is 1. The molecule has 0 atom stereocenters. The fraction of sp³-hybridized carbons (Fsp3) is 0.238. The van der Waals surface area contributed by atoms with Crippen molar-refractivity contribution in [1.82, 2.24) is 15.0 Å². The van der Waals surface area contributed by atoms with E-state index in [0.29, 0.717) is 17.4 Å². The third-order valence-corrected chi connectivity index (χ3v) is 4.93. The molecule has 1 aliphatic heterocycles. The molecule has 3 aromatic rings. The van der Waals surface area contributed by atoms with Crippen LogP contribution in [0.15, 0.2) is 54.9 Å². The molecule has 0 unspecified atom stereocenters. The predicted molar refractivity (Wildman–Crippen MR) is 116 cm³/mol. The molecule has 1 aromatic carbocycles. The number of carbonyl (C=O) groups excluding carboxylic acids is 1. The highest BCUT2D eigenvalue weighted by Gasteiger charge is 2.21. The Hall–Kier alpha value is -3.88. The van der Waals surface area contributed by atoms with Crippen LogP contribution in [0.4, 0.5) is 23.3 Å². The van der Waals surface area contributed by atoms with Crippen molar-refractivity contribution in [2.24, 2.45) is 0 Å². The molecule has 154 valence electrons. The zero-order valence-corrected chi connectivity index (χ0v) is 16.7. The fourth-order valence-electron chi connectivity index (χ4n) is 3.26. The van der Waals surface area contributed by atoms with Crippen molar-refractivity contribution >= 4 is 29.2 Å². The molecule has 1 saturated heterocycles. The molecule has 0 saturated carbocycles. The number of benzene rings is 1. The number of methoxy groups -OCH3 is 1. The summed E-state index contributed by atoms with van der Waals surface area (Å²) in [6.45, 7) is 3.10. The summed E-state index contributed by atoms with van der Waals surface area (Å²) < 4.78 is 5.12. The van der Waals surface area contributed by atoms with Gasteiger partial charge < -0.3 is 25.6 Å². The SMILES string of the molecule is COc1ccc(NC(=O)c2cnc(N3CCN(c4ccccn4)CC3)nc2N)cc1. The smallest absolute Gasteiger partial charge is 0.260 e. The summed E-state index contributed by atoms with van der Waals surface area (Å²) in [5.74, 6) is 1.99. The topological polar surface area (TPSA) is 110 Å². The van der Waals surface area contributed by atoms with Gasteiger partial charge in [0.15, 0.2) is 0 Å². The molecule has 3 heterocycles. The van der Waals surface area contributed by atoms with Crippen LogP contribution in [0.1, 0.15) is 10.4 Å². The number of hydrogen-bond acceptors (Lipinski definition) is 8. The highest BCUT2D eigenvalue weighted by molar-refractivity contribution is 6.07. The lowest BCUT2D eigenvalue weighted by Crippen LogP contribution is -2.47. The van der Waals surface area contributed by atoms with Gasteiger partial charge in [-0.1, -0.05) is 6.07 Å². The van der Waals surface area contributed by atoms with Crippen LogP contribution in [0.5, 0.6) is 5.75 Å². The number of nitrogens with zero attached hydrogens (tertiary/aromatic N) is 5. The molecule has 1 fully saturated rings. The van der Waals surface area contributed by atoms with Crippen LogP contribution >= 0.6 is 0 Å². The Morgan fingerprint density at radius 3 is 2.40 bits per heavy atom. The number of ether oxygens (including phenoxy) is 1. The number of nitrogen functional groups attached to an aromatic ring is 1. The van der Waals surface area contributed by atoms with E-state index in [4.69, 9.17) is 10.5 Å². The van der Waals surface area contributed by atoms with E-state index < -0.39 is 0 Å². The van der Waals surface area contributed by atoms with E-state index in [1.165, 1.54) is 6.20 Å². The molecule has 0 spiro atoms. The maximum Gasteiger partial charge on any atom is 0.260 e. The van der Waals surface area contributed by atoms with E-state index in [9.17, 15) is 4.79 Å². The van der Waals surface area contributed by atoms with E-state index in [0.717, 1.165) is 32.0 Å². The lowest BCUT2D eigenvalue weighted by molar-refractivity contribution is 0.102. The van der Waals surface area contributed by atoms with Crippen molar-refractivity contribution in [3.05, 3.63) is 60.4 Å². The van der Waals surface area contributed by atoms with Crippen molar-refractivity contribution in [1.29, 1.82) is 0 Å². The van der Waals surface area contributed by atoms with Crippen molar-refractivity contribution in [3.8, 4) is 5.75 Å². The highest BCUT2D eigenvalue weighted by Crippen LogP contribution is 2.20. The van der Waals surface area contributed by atoms with Gasteiger partial charge in [0.2, 0.25) is 5.95 Å². The van der Waals surface area contributed by atoms with Gasteiger partial charge in [-0.2, -0.15) is 4.98 Å². The van der Waals surface area contributed by atoms with Gasteiger partial charge in [0.25, 0.3) is 5.91 Å². The summed E-state index contributed by atoms with van der Waals surface area (Å²) in [5.41, 5.74) is 6.94. The minimum atomic E-state index is -0.357. The van der Waals surface area contributed by atoms with Gasteiger partial charge in [-0.3, -0.25) is 4.79 Å². The summed E-state index contributed by atoms with van der Waals surface area (Å²) in [7, 11) is 1.59. The Labute approximate surface area is 174 Å². The number of rotatable bonds is 5. The zero-order valence-electron chi connectivity index (χ0n) is 16.7. The quantitative estimate of drug-likeness (QED) is 0.664. The normalized spacial score (nSPS) is 13.8. The Morgan fingerprint density at radius 2 is 1.77 bits per heavy atom. The number of carbonyl (C=O) groups is 1. The first-order valence-corrected chi connectivity index (χ1v) is 9.63. The minimum Gasteiger partial charge on any atom is -0.497 e. The second kappa shape index (κ2) is 8.64. The third-order valence-electron chi connectivity index (χ3n) is 4.93. The van der Waals surface area contributed by atoms with Crippen molar-refractivity contribution in [3.63, 3.8) is 0 Å². The van der Waals surface area contributed by atoms with Crippen LogP contribution in [0.2, 0.25) is 0 Å². The second-order valence-electron chi connectivity index (χ2n) is 6.81. The molecule has 0 aliphatic carbocycles. The van der Waals surface area contributed by atoms with Gasteiger partial charge in [0, 0.05) is 44.3 Å². The lowest BCUT2D eigenvalue weighted by Gasteiger charge is -2.35. The number of anilines is 4. The molecule has 0 radical (unpaired) electrons. The number of amides is 1. The molecule has 2 aromatic heterocycles. The van der Waals surface area contributed by atoms with Gasteiger partial charge in [-0.25, -0.2) is 9.97 Å². The molecule has 4 rings (SSSR count). The molecule has 9 nitrogen and oxygen atoms in total. The van der Waals surface area contributed by atoms with E-state index >= 15 is 0 Å². The van der Waals surface area contributed by atoms with Crippen molar-refractivity contribution in [2.75, 3.05) is 54.1 Å². The minimum absolute atomic E-state index is 0.151. The van der Waals surface area contributed by atoms with Gasteiger partial charge in [0.05, 0.1) is 7.11 Å². The molecule has 1 amide bonds. The maximum absolute atomic E-state index is 12.5. The molecule has 9 heteroatoms. The van der Waals surface area contributed by atoms with Gasteiger partial charge in [-0.15, -0.1) is 0 Å². The third kappa shape index (κ3) is 4.24. The monoisotopic (exact) mass is 405 g/mol. The molecule has 3 N–H and O–H groups in total. The van der Waals surface area contributed by atoms with Crippen LogP contribution in [-0.4, -0.2) is 54.1 Å². The Bertz CT molecular complexity index is 1000. The fourth-order valence-corrected chi connectivity index (χ4v) is 3.26. The van der Waals surface area contributed by atoms with E-state index in [1.807, 2.05) is 18.2 Å². The van der Waals surface area contributed by atoms with E-state index in [-0.39, 0.29) is 17.3 Å². The largest absolute Gasteiger partial charge is 0.497 e. The van der Waals surface area contributed by atoms with Crippen LogP contribution in [0.25, 0.3) is 0 Å². The summed E-state index contributed by atoms with van der Waals surface area (Å²) in [4.78, 5) is 29.9. The number of pyridine rings is 1. The van der Waals surface area contributed by atoms with E-state index in [1.54, 1.807) is 37.6 Å². The predicted octanol–water partition coefficient (Wildman–Crippen LogP) is 2.04. The summed E-state index contributed by atoms with van der Waals surface area (Å²) in [6.07, 6.45) is 3.27. The summed E-state index contributed by atoms with van der Waals surface area (Å²) >= 11 is 0. The molecule has 1 aliphatic rings. The maximum atomic E-state index is 12.5. The first-order valence-electron chi connectivity index (χ1n) is 9.63. The number of hydrogen-bond donors (Lipinski definition) is 2. The summed E-state index contributed by atoms with van der Waals surface area (Å²) in [6, 6.07) is 12.9. The Balaban J connectivity index is 1.40. The van der Waals surface area contributed by atoms with Crippen LogP contribution in [-0.2, 0) is 0 Å². The average molecular weight is 405 g/mol. The van der Waals surface area contributed by atoms with Crippen LogP contribution < -0.4 is 25.6 Å². The standard InChI is InChI=1S/C21H23N7O2/c1-30-16-7-5-15(6-8-16)25-20(29)17-14-24-21(26-19(17)22)28-12-10-27(11-13-28)18-4-2-3-9-23-18/h2-9,14H,10-13H2,1H3,(H,25,29)(H2,22,24,26). The lowest BCUT2D eigenvalue weighted by atomic mass is 10.2. The van der Waals surface area contributed by atoms with Gasteiger partial charge in [0.1, 0.15) is 22.9 Å².